The van der Waals surface area contributed by atoms with E-state index in [-0.39, 0.29) is 23.4 Å². The molecule has 2 aromatic rings. The standard InChI is InChI=1S/C17H23N7O2/c1-3-24-11-13(10-19-24)20-16(25)12-6-8-23(9-7-12)15-5-4-14(21-22-15)17(26)18-2/h4-5,10-12H,3,6-9H2,1-2H3,(H,18,26)(H,20,25). The third-order valence-corrected chi connectivity index (χ3v) is 4.52. The Bertz CT molecular complexity index is 764. The molecule has 2 N–H and O–H groups in total. The quantitative estimate of drug-likeness (QED) is 0.824. The van der Waals surface area contributed by atoms with Crippen LogP contribution in [0, 0.1) is 5.92 Å². The van der Waals surface area contributed by atoms with Gasteiger partial charge in [0.25, 0.3) is 5.91 Å². The number of carbonyl (C=O) groups excluding carboxylic acids is 2. The fourth-order valence-corrected chi connectivity index (χ4v) is 2.96. The van der Waals surface area contributed by atoms with Crippen LogP contribution in [0.15, 0.2) is 24.5 Å². The molecule has 2 amide bonds. The Kier molecular flexibility index (Phi) is 5.45. The highest BCUT2D eigenvalue weighted by Gasteiger charge is 2.26. The summed E-state index contributed by atoms with van der Waals surface area (Å²) in [5.41, 5.74) is 1.02. The van der Waals surface area contributed by atoms with Crippen molar-refractivity contribution in [2.45, 2.75) is 26.3 Å². The Hall–Kier alpha value is -2.97. The zero-order valence-corrected chi connectivity index (χ0v) is 15.0. The van der Waals surface area contributed by atoms with Crippen LogP contribution in [0.25, 0.3) is 0 Å². The molecule has 26 heavy (non-hydrogen) atoms. The number of carbonyl (C=O) groups is 2. The lowest BCUT2D eigenvalue weighted by Gasteiger charge is -2.31. The summed E-state index contributed by atoms with van der Waals surface area (Å²) in [4.78, 5) is 26.0. The van der Waals surface area contributed by atoms with Gasteiger partial charge in [0.15, 0.2) is 11.5 Å². The Balaban J connectivity index is 1.53. The summed E-state index contributed by atoms with van der Waals surface area (Å²) in [5, 5.41) is 17.7. The van der Waals surface area contributed by atoms with E-state index < -0.39 is 0 Å². The number of hydrogen-bond acceptors (Lipinski definition) is 6. The van der Waals surface area contributed by atoms with Crippen molar-refractivity contribution in [2.24, 2.45) is 5.92 Å². The highest BCUT2D eigenvalue weighted by molar-refractivity contribution is 5.92. The van der Waals surface area contributed by atoms with E-state index in [2.05, 4.69) is 30.8 Å². The largest absolute Gasteiger partial charge is 0.355 e. The molecule has 0 spiro atoms. The molecule has 0 saturated carbocycles. The first kappa shape index (κ1) is 17.8. The first-order valence-corrected chi connectivity index (χ1v) is 8.74. The maximum atomic E-state index is 12.4. The fourth-order valence-electron chi connectivity index (χ4n) is 2.96. The predicted octanol–water partition coefficient (Wildman–Crippen LogP) is 0.908. The average Bonchev–Trinajstić information content (AvgIpc) is 3.15. The molecule has 2 aromatic heterocycles. The van der Waals surface area contributed by atoms with Crippen LogP contribution in [0.5, 0.6) is 0 Å². The van der Waals surface area contributed by atoms with Crippen LogP contribution >= 0.6 is 0 Å². The number of aryl methyl sites for hydroxylation is 1. The smallest absolute Gasteiger partial charge is 0.271 e. The summed E-state index contributed by atoms with van der Waals surface area (Å²) in [6, 6.07) is 3.45. The Morgan fingerprint density at radius 3 is 2.58 bits per heavy atom. The van der Waals surface area contributed by atoms with Gasteiger partial charge >= 0.3 is 0 Å². The Morgan fingerprint density at radius 1 is 1.23 bits per heavy atom. The van der Waals surface area contributed by atoms with Crippen molar-refractivity contribution in [2.75, 3.05) is 30.4 Å². The number of piperidine rings is 1. The molecular formula is C17H23N7O2. The second-order valence-electron chi connectivity index (χ2n) is 6.19. The second kappa shape index (κ2) is 7.94. The molecule has 9 heteroatoms. The Labute approximate surface area is 151 Å². The minimum atomic E-state index is -0.258. The van der Waals surface area contributed by atoms with Crippen molar-refractivity contribution in [3.05, 3.63) is 30.2 Å². The molecule has 0 radical (unpaired) electrons. The highest BCUT2D eigenvalue weighted by Crippen LogP contribution is 2.22. The number of nitrogens with one attached hydrogen (secondary N) is 2. The predicted molar refractivity (Wildman–Crippen MR) is 96.9 cm³/mol. The van der Waals surface area contributed by atoms with Gasteiger partial charge in [0, 0.05) is 38.8 Å². The van der Waals surface area contributed by atoms with E-state index >= 15 is 0 Å². The number of anilines is 2. The topological polar surface area (TPSA) is 105 Å². The van der Waals surface area contributed by atoms with E-state index in [4.69, 9.17) is 0 Å². The summed E-state index contributed by atoms with van der Waals surface area (Å²) in [5.74, 6) is 0.460. The minimum Gasteiger partial charge on any atom is -0.355 e. The summed E-state index contributed by atoms with van der Waals surface area (Å²) in [6.45, 7) is 4.22. The number of rotatable bonds is 5. The van der Waals surface area contributed by atoms with Crippen molar-refractivity contribution in [1.82, 2.24) is 25.3 Å². The molecule has 0 atom stereocenters. The molecule has 3 rings (SSSR count). The van der Waals surface area contributed by atoms with E-state index in [0.717, 1.165) is 44.0 Å². The van der Waals surface area contributed by atoms with Gasteiger partial charge in [-0.15, -0.1) is 10.2 Å². The zero-order chi connectivity index (χ0) is 18.5. The molecule has 0 aliphatic carbocycles. The third kappa shape index (κ3) is 3.98. The zero-order valence-electron chi connectivity index (χ0n) is 15.0. The van der Waals surface area contributed by atoms with Gasteiger partial charge in [-0.2, -0.15) is 5.10 Å². The van der Waals surface area contributed by atoms with Crippen LogP contribution in [0.2, 0.25) is 0 Å². The second-order valence-corrected chi connectivity index (χ2v) is 6.19. The van der Waals surface area contributed by atoms with E-state index in [1.807, 2.05) is 13.1 Å². The van der Waals surface area contributed by atoms with Gasteiger partial charge in [-0.25, -0.2) is 0 Å². The summed E-state index contributed by atoms with van der Waals surface area (Å²) >= 11 is 0. The van der Waals surface area contributed by atoms with Gasteiger partial charge in [0.05, 0.1) is 11.9 Å². The average molecular weight is 357 g/mol. The lowest BCUT2D eigenvalue weighted by molar-refractivity contribution is -0.120. The van der Waals surface area contributed by atoms with Crippen molar-refractivity contribution in [3.63, 3.8) is 0 Å². The molecule has 0 aromatic carbocycles. The van der Waals surface area contributed by atoms with E-state index in [0.29, 0.717) is 0 Å². The van der Waals surface area contributed by atoms with Gasteiger partial charge in [0.1, 0.15) is 0 Å². The molecular weight excluding hydrogens is 334 g/mol. The molecule has 138 valence electrons. The third-order valence-electron chi connectivity index (χ3n) is 4.52. The van der Waals surface area contributed by atoms with Crippen LogP contribution in [0.4, 0.5) is 11.5 Å². The fraction of sp³-hybridized carbons (Fsp3) is 0.471. The van der Waals surface area contributed by atoms with Gasteiger partial charge < -0.3 is 15.5 Å². The molecule has 9 nitrogen and oxygen atoms in total. The molecule has 0 unspecified atom stereocenters. The molecule has 1 aliphatic rings. The molecule has 1 aliphatic heterocycles. The molecule has 1 fully saturated rings. The van der Waals surface area contributed by atoms with Crippen LogP contribution in [0.1, 0.15) is 30.3 Å². The number of nitrogens with zero attached hydrogens (tertiary/aromatic N) is 5. The highest BCUT2D eigenvalue weighted by atomic mass is 16.2. The monoisotopic (exact) mass is 357 g/mol. The minimum absolute atomic E-state index is 0.0290. The van der Waals surface area contributed by atoms with Gasteiger partial charge in [-0.3, -0.25) is 14.3 Å². The molecule has 0 bridgehead atoms. The van der Waals surface area contributed by atoms with Crippen molar-refractivity contribution in [3.8, 4) is 0 Å². The number of amides is 2. The summed E-state index contributed by atoms with van der Waals surface area (Å²) in [7, 11) is 1.56. The maximum Gasteiger partial charge on any atom is 0.271 e. The van der Waals surface area contributed by atoms with Gasteiger partial charge in [0.2, 0.25) is 5.91 Å². The molecule has 3 heterocycles. The lowest BCUT2D eigenvalue weighted by atomic mass is 9.96. The lowest BCUT2D eigenvalue weighted by Crippen LogP contribution is -2.38. The first-order chi connectivity index (χ1) is 12.6. The summed E-state index contributed by atoms with van der Waals surface area (Å²) < 4.78 is 1.78. The van der Waals surface area contributed by atoms with Gasteiger partial charge in [-0.05, 0) is 31.9 Å². The normalized spacial score (nSPS) is 14.9. The van der Waals surface area contributed by atoms with Crippen molar-refractivity contribution >= 4 is 23.3 Å². The van der Waals surface area contributed by atoms with Crippen LogP contribution in [-0.2, 0) is 11.3 Å². The molecule has 1 saturated heterocycles. The van der Waals surface area contributed by atoms with E-state index in [9.17, 15) is 9.59 Å². The van der Waals surface area contributed by atoms with Crippen LogP contribution in [-0.4, -0.2) is 51.9 Å². The van der Waals surface area contributed by atoms with E-state index in [1.165, 1.54) is 0 Å². The van der Waals surface area contributed by atoms with E-state index in [1.54, 1.807) is 30.1 Å². The van der Waals surface area contributed by atoms with Crippen molar-refractivity contribution in [1.29, 1.82) is 0 Å². The number of hydrogen-bond donors (Lipinski definition) is 2. The van der Waals surface area contributed by atoms with Crippen LogP contribution in [0.3, 0.4) is 0 Å². The number of aromatic nitrogens is 4. The van der Waals surface area contributed by atoms with Crippen molar-refractivity contribution < 1.29 is 9.59 Å². The Morgan fingerprint density at radius 2 is 2.00 bits per heavy atom. The maximum absolute atomic E-state index is 12.4. The van der Waals surface area contributed by atoms with Crippen LogP contribution < -0.4 is 15.5 Å². The summed E-state index contributed by atoms with van der Waals surface area (Å²) in [6.07, 6.45) is 4.98. The first-order valence-electron chi connectivity index (χ1n) is 8.74. The SMILES string of the molecule is CCn1cc(NC(=O)C2CCN(c3ccc(C(=O)NC)nn3)CC2)cn1. The van der Waals surface area contributed by atoms with Gasteiger partial charge in [-0.1, -0.05) is 0 Å².